The molecule has 7 N–H and O–H groups in total. The number of carbonyl (C=O) groups is 3. The molecule has 1 fully saturated rings. The third kappa shape index (κ3) is 4.18. The van der Waals surface area contributed by atoms with Gasteiger partial charge in [0.25, 0.3) is 0 Å². The standard InChI is InChI=1S/C11H21N5O3/c1-6(17)14-8-4-2-3-7(5-8)9(10(18)15-12)11(19)16-13/h7-9H,2-5,12-13H2,1H3,(H,14,17)(H,15,18)(H,16,19). The van der Waals surface area contributed by atoms with Gasteiger partial charge in [0.15, 0.2) is 0 Å². The molecule has 0 radical (unpaired) electrons. The minimum atomic E-state index is -0.924. The van der Waals surface area contributed by atoms with Gasteiger partial charge in [0.1, 0.15) is 5.92 Å². The molecule has 0 aromatic heterocycles. The van der Waals surface area contributed by atoms with Crippen molar-refractivity contribution in [2.24, 2.45) is 23.5 Å². The molecule has 1 aliphatic carbocycles. The van der Waals surface area contributed by atoms with Crippen LogP contribution in [0.1, 0.15) is 32.6 Å². The first-order valence-electron chi connectivity index (χ1n) is 6.27. The number of nitrogens with two attached hydrogens (primary N) is 2. The Hall–Kier alpha value is -1.67. The van der Waals surface area contributed by atoms with E-state index in [1.807, 2.05) is 10.9 Å². The van der Waals surface area contributed by atoms with Crippen molar-refractivity contribution in [1.82, 2.24) is 16.2 Å². The molecule has 8 heteroatoms. The molecule has 0 heterocycles. The van der Waals surface area contributed by atoms with Gasteiger partial charge in [-0.15, -0.1) is 0 Å². The SMILES string of the molecule is CC(=O)NC1CCCC(C(C(=O)NN)C(=O)NN)C1. The average molecular weight is 271 g/mol. The molecule has 2 unspecified atom stereocenters. The van der Waals surface area contributed by atoms with Crippen molar-refractivity contribution in [3.63, 3.8) is 0 Å². The summed E-state index contributed by atoms with van der Waals surface area (Å²) >= 11 is 0. The molecule has 1 rings (SSSR count). The molecule has 0 saturated heterocycles. The van der Waals surface area contributed by atoms with Gasteiger partial charge < -0.3 is 5.32 Å². The maximum absolute atomic E-state index is 11.7. The predicted octanol–water partition coefficient (Wildman–Crippen LogP) is -1.72. The van der Waals surface area contributed by atoms with Crippen molar-refractivity contribution in [3.05, 3.63) is 0 Å². The Kier molecular flexibility index (Phi) is 5.71. The van der Waals surface area contributed by atoms with Gasteiger partial charge in [0, 0.05) is 13.0 Å². The molecule has 1 saturated carbocycles. The van der Waals surface area contributed by atoms with Crippen LogP contribution in [0.15, 0.2) is 0 Å². The maximum atomic E-state index is 11.7. The third-order valence-corrected chi connectivity index (χ3v) is 3.44. The van der Waals surface area contributed by atoms with Crippen molar-refractivity contribution in [2.75, 3.05) is 0 Å². The van der Waals surface area contributed by atoms with Crippen molar-refractivity contribution in [1.29, 1.82) is 0 Å². The summed E-state index contributed by atoms with van der Waals surface area (Å²) in [5.41, 5.74) is 3.98. The topological polar surface area (TPSA) is 139 Å². The van der Waals surface area contributed by atoms with Crippen molar-refractivity contribution in [2.45, 2.75) is 38.6 Å². The molecule has 0 aliphatic heterocycles. The fourth-order valence-electron chi connectivity index (χ4n) is 2.68. The van der Waals surface area contributed by atoms with E-state index in [1.165, 1.54) is 6.92 Å². The molecular formula is C11H21N5O3. The van der Waals surface area contributed by atoms with Crippen LogP contribution in [0.25, 0.3) is 0 Å². The summed E-state index contributed by atoms with van der Waals surface area (Å²) in [5, 5.41) is 2.82. The monoisotopic (exact) mass is 271 g/mol. The van der Waals surface area contributed by atoms with Gasteiger partial charge in [-0.25, -0.2) is 11.7 Å². The summed E-state index contributed by atoms with van der Waals surface area (Å²) in [4.78, 5) is 34.5. The molecular weight excluding hydrogens is 250 g/mol. The lowest BCUT2D eigenvalue weighted by atomic mass is 9.77. The first-order chi connectivity index (χ1) is 8.99. The lowest BCUT2D eigenvalue weighted by Crippen LogP contribution is -2.51. The lowest BCUT2D eigenvalue weighted by Gasteiger charge is -2.32. The fourth-order valence-corrected chi connectivity index (χ4v) is 2.68. The maximum Gasteiger partial charge on any atom is 0.246 e. The van der Waals surface area contributed by atoms with Gasteiger partial charge in [0.2, 0.25) is 17.7 Å². The number of hydrogen-bond acceptors (Lipinski definition) is 5. The summed E-state index contributed by atoms with van der Waals surface area (Å²) in [6.07, 6.45) is 2.96. The number of hydrazine groups is 2. The first kappa shape index (κ1) is 15.4. The Morgan fingerprint density at radius 1 is 1.11 bits per heavy atom. The van der Waals surface area contributed by atoms with Crippen LogP contribution in [0.4, 0.5) is 0 Å². The molecule has 108 valence electrons. The van der Waals surface area contributed by atoms with Gasteiger partial charge in [-0.3, -0.25) is 25.2 Å². The second-order valence-corrected chi connectivity index (χ2v) is 4.82. The average Bonchev–Trinajstić information content (AvgIpc) is 2.38. The van der Waals surface area contributed by atoms with Crippen LogP contribution in [0, 0.1) is 11.8 Å². The molecule has 0 aromatic rings. The quantitative estimate of drug-likeness (QED) is 0.179. The number of nitrogens with one attached hydrogen (secondary N) is 3. The second-order valence-electron chi connectivity index (χ2n) is 4.82. The highest BCUT2D eigenvalue weighted by Crippen LogP contribution is 2.30. The Labute approximate surface area is 111 Å². The normalized spacial score (nSPS) is 22.7. The van der Waals surface area contributed by atoms with E-state index in [9.17, 15) is 14.4 Å². The van der Waals surface area contributed by atoms with E-state index >= 15 is 0 Å². The highest BCUT2D eigenvalue weighted by Gasteiger charge is 2.37. The van der Waals surface area contributed by atoms with Gasteiger partial charge in [-0.05, 0) is 25.2 Å². The molecule has 3 amide bonds. The second kappa shape index (κ2) is 7.05. The van der Waals surface area contributed by atoms with E-state index in [2.05, 4.69) is 5.32 Å². The Balaban J connectivity index is 2.75. The number of hydrogen-bond donors (Lipinski definition) is 5. The predicted molar refractivity (Wildman–Crippen MR) is 67.7 cm³/mol. The minimum Gasteiger partial charge on any atom is -0.354 e. The zero-order chi connectivity index (χ0) is 14.4. The van der Waals surface area contributed by atoms with Gasteiger partial charge in [-0.1, -0.05) is 6.42 Å². The molecule has 0 aromatic carbocycles. The van der Waals surface area contributed by atoms with Crippen molar-refractivity contribution >= 4 is 17.7 Å². The molecule has 8 nitrogen and oxygen atoms in total. The molecule has 19 heavy (non-hydrogen) atoms. The summed E-state index contributed by atoms with van der Waals surface area (Å²) in [5.74, 6) is 7.85. The summed E-state index contributed by atoms with van der Waals surface area (Å²) in [6, 6.07) is -0.0186. The summed E-state index contributed by atoms with van der Waals surface area (Å²) < 4.78 is 0. The van der Waals surface area contributed by atoms with Crippen LogP contribution in [-0.4, -0.2) is 23.8 Å². The minimum absolute atomic E-state index is 0.0186. The van der Waals surface area contributed by atoms with E-state index in [-0.39, 0.29) is 17.9 Å². The van der Waals surface area contributed by atoms with Gasteiger partial charge in [-0.2, -0.15) is 0 Å². The van der Waals surface area contributed by atoms with Crippen molar-refractivity contribution in [3.8, 4) is 0 Å². The van der Waals surface area contributed by atoms with E-state index in [0.717, 1.165) is 19.3 Å². The Morgan fingerprint density at radius 3 is 2.16 bits per heavy atom. The Morgan fingerprint density at radius 2 is 1.68 bits per heavy atom. The summed E-state index contributed by atoms with van der Waals surface area (Å²) in [6.45, 7) is 1.44. The third-order valence-electron chi connectivity index (χ3n) is 3.44. The molecule has 0 spiro atoms. The first-order valence-corrected chi connectivity index (χ1v) is 6.27. The molecule has 2 atom stereocenters. The fraction of sp³-hybridized carbons (Fsp3) is 0.727. The van der Waals surface area contributed by atoms with Crippen LogP contribution < -0.4 is 27.9 Å². The van der Waals surface area contributed by atoms with Gasteiger partial charge in [0.05, 0.1) is 0 Å². The largest absolute Gasteiger partial charge is 0.354 e. The van der Waals surface area contributed by atoms with E-state index in [4.69, 9.17) is 11.7 Å². The highest BCUT2D eigenvalue weighted by atomic mass is 16.2. The lowest BCUT2D eigenvalue weighted by molar-refractivity contribution is -0.138. The number of rotatable bonds is 4. The zero-order valence-electron chi connectivity index (χ0n) is 10.9. The summed E-state index contributed by atoms with van der Waals surface area (Å²) in [7, 11) is 0. The number of amides is 3. The smallest absolute Gasteiger partial charge is 0.246 e. The van der Waals surface area contributed by atoms with E-state index in [0.29, 0.717) is 6.42 Å². The zero-order valence-corrected chi connectivity index (χ0v) is 10.9. The Bertz CT molecular complexity index is 344. The molecule has 1 aliphatic rings. The van der Waals surface area contributed by atoms with Crippen molar-refractivity contribution < 1.29 is 14.4 Å². The van der Waals surface area contributed by atoms with Crippen LogP contribution in [-0.2, 0) is 14.4 Å². The molecule has 0 bridgehead atoms. The van der Waals surface area contributed by atoms with Crippen LogP contribution in [0.3, 0.4) is 0 Å². The van der Waals surface area contributed by atoms with Crippen LogP contribution in [0.2, 0.25) is 0 Å². The van der Waals surface area contributed by atoms with E-state index < -0.39 is 17.7 Å². The highest BCUT2D eigenvalue weighted by molar-refractivity contribution is 6.00. The number of carbonyl (C=O) groups excluding carboxylic acids is 3. The van der Waals surface area contributed by atoms with E-state index in [1.54, 1.807) is 0 Å². The van der Waals surface area contributed by atoms with Gasteiger partial charge >= 0.3 is 0 Å². The van der Waals surface area contributed by atoms with Crippen LogP contribution in [0.5, 0.6) is 0 Å². The van der Waals surface area contributed by atoms with Crippen LogP contribution >= 0.6 is 0 Å².